The van der Waals surface area contributed by atoms with Gasteiger partial charge in [0.2, 0.25) is 0 Å². The van der Waals surface area contributed by atoms with Crippen LogP contribution in [0.4, 0.5) is 22.0 Å². The lowest BCUT2D eigenvalue weighted by Crippen LogP contribution is -2.02. The first-order chi connectivity index (χ1) is 14.8. The molecule has 3 rings (SSSR count). The number of hydrogen-bond acceptors (Lipinski definition) is 1. The molecule has 0 radical (unpaired) electrons. The number of rotatable bonds is 4. The summed E-state index contributed by atoms with van der Waals surface area (Å²) >= 11 is 0. The number of halogens is 5. The van der Waals surface area contributed by atoms with Crippen molar-refractivity contribution in [2.45, 2.75) is 38.8 Å². The van der Waals surface area contributed by atoms with Crippen molar-refractivity contribution >= 4 is 10.8 Å². The van der Waals surface area contributed by atoms with Gasteiger partial charge in [0, 0.05) is 23.1 Å². The van der Waals surface area contributed by atoms with Crippen LogP contribution in [0, 0.1) is 35.3 Å². The summed E-state index contributed by atoms with van der Waals surface area (Å²) in [6.45, 7) is 2.15. The van der Waals surface area contributed by atoms with Crippen LogP contribution in [0.2, 0.25) is 0 Å². The molecule has 1 heterocycles. The van der Waals surface area contributed by atoms with Crippen LogP contribution in [0.1, 0.15) is 48.6 Å². The minimum absolute atomic E-state index is 0.0343. The molecule has 0 aliphatic carbocycles. The van der Waals surface area contributed by atoms with Crippen molar-refractivity contribution in [1.29, 1.82) is 0 Å². The summed E-state index contributed by atoms with van der Waals surface area (Å²) in [6, 6.07) is 9.07. The highest BCUT2D eigenvalue weighted by Gasteiger charge is 2.23. The van der Waals surface area contributed by atoms with E-state index in [9.17, 15) is 22.0 Å². The second-order valence-electron chi connectivity index (χ2n) is 6.99. The Hall–Kier alpha value is -3.38. The molecule has 158 valence electrons. The standard InChI is InChI=1S/C25H18F5N/c1-2-3-4-5-18-7-10-20(31-16-18)9-6-17-8-11-21-19(14-17)15-23(26)22(24(21)27)12-13-25(28,29)30/h7-8,10-11,14-16H,2-5H2,1H3. The summed E-state index contributed by atoms with van der Waals surface area (Å²) in [5.74, 6) is 5.93. The molecule has 0 saturated carbocycles. The maximum atomic E-state index is 14.5. The third-order valence-corrected chi connectivity index (χ3v) is 4.59. The Morgan fingerprint density at radius 2 is 1.74 bits per heavy atom. The van der Waals surface area contributed by atoms with Crippen molar-refractivity contribution in [2.75, 3.05) is 0 Å². The Morgan fingerprint density at radius 1 is 0.935 bits per heavy atom. The first kappa shape index (κ1) is 22.3. The highest BCUT2D eigenvalue weighted by atomic mass is 19.4. The smallest absolute Gasteiger partial charge is 0.248 e. The number of pyridine rings is 1. The highest BCUT2D eigenvalue weighted by Crippen LogP contribution is 2.25. The Kier molecular flexibility index (Phi) is 6.92. The Labute approximate surface area is 177 Å². The van der Waals surface area contributed by atoms with E-state index in [0.29, 0.717) is 11.3 Å². The summed E-state index contributed by atoms with van der Waals surface area (Å²) in [6.07, 6.45) is 1.34. The summed E-state index contributed by atoms with van der Waals surface area (Å²) in [7, 11) is 0. The minimum atomic E-state index is -4.84. The van der Waals surface area contributed by atoms with Crippen molar-refractivity contribution in [3.05, 3.63) is 76.6 Å². The fourth-order valence-electron chi connectivity index (χ4n) is 3.02. The third-order valence-electron chi connectivity index (χ3n) is 4.59. The molecule has 1 aromatic heterocycles. The lowest BCUT2D eigenvalue weighted by atomic mass is 10.0. The number of benzene rings is 2. The third kappa shape index (κ3) is 6.06. The Balaban J connectivity index is 1.85. The molecule has 0 saturated heterocycles. The predicted molar refractivity (Wildman–Crippen MR) is 110 cm³/mol. The second-order valence-corrected chi connectivity index (χ2v) is 6.99. The van der Waals surface area contributed by atoms with Gasteiger partial charge in [0.1, 0.15) is 17.3 Å². The number of fused-ring (bicyclic) bond motifs is 1. The van der Waals surface area contributed by atoms with Gasteiger partial charge in [0.05, 0.1) is 5.56 Å². The van der Waals surface area contributed by atoms with Gasteiger partial charge < -0.3 is 0 Å². The number of hydrogen-bond donors (Lipinski definition) is 0. The highest BCUT2D eigenvalue weighted by molar-refractivity contribution is 5.86. The molecule has 0 aliphatic rings. The number of nitrogens with zero attached hydrogens (tertiary/aromatic N) is 1. The maximum absolute atomic E-state index is 14.5. The molecular formula is C25H18F5N. The monoisotopic (exact) mass is 427 g/mol. The van der Waals surface area contributed by atoms with Gasteiger partial charge in [0.25, 0.3) is 0 Å². The molecule has 3 aromatic rings. The van der Waals surface area contributed by atoms with Crippen LogP contribution in [0.25, 0.3) is 10.8 Å². The summed E-state index contributed by atoms with van der Waals surface area (Å²) in [4.78, 5) is 4.31. The minimum Gasteiger partial charge on any atom is -0.248 e. The Morgan fingerprint density at radius 3 is 2.42 bits per heavy atom. The van der Waals surface area contributed by atoms with Crippen LogP contribution in [-0.2, 0) is 6.42 Å². The van der Waals surface area contributed by atoms with Gasteiger partial charge in [-0.25, -0.2) is 13.8 Å². The van der Waals surface area contributed by atoms with Crippen LogP contribution in [0.15, 0.2) is 42.6 Å². The van der Waals surface area contributed by atoms with Crippen molar-refractivity contribution < 1.29 is 22.0 Å². The van der Waals surface area contributed by atoms with E-state index < -0.39 is 23.4 Å². The van der Waals surface area contributed by atoms with Gasteiger partial charge in [-0.1, -0.05) is 43.7 Å². The van der Waals surface area contributed by atoms with E-state index in [1.165, 1.54) is 30.5 Å². The normalized spacial score (nSPS) is 10.9. The van der Waals surface area contributed by atoms with Gasteiger partial charge in [-0.05, 0) is 54.0 Å². The number of unbranched alkanes of at least 4 members (excludes halogenated alkanes) is 2. The molecule has 2 aromatic carbocycles. The van der Waals surface area contributed by atoms with E-state index >= 15 is 0 Å². The van der Waals surface area contributed by atoms with Crippen molar-refractivity contribution in [3.8, 4) is 23.7 Å². The van der Waals surface area contributed by atoms with Gasteiger partial charge in [-0.2, -0.15) is 13.2 Å². The fraction of sp³-hybridized carbons (Fsp3) is 0.240. The average Bonchev–Trinajstić information content (AvgIpc) is 2.72. The van der Waals surface area contributed by atoms with Crippen LogP contribution < -0.4 is 0 Å². The molecule has 0 bridgehead atoms. The van der Waals surface area contributed by atoms with E-state index in [4.69, 9.17) is 0 Å². The van der Waals surface area contributed by atoms with E-state index in [1.807, 2.05) is 12.1 Å². The lowest BCUT2D eigenvalue weighted by Gasteiger charge is -2.05. The topological polar surface area (TPSA) is 12.9 Å². The predicted octanol–water partition coefficient (Wildman–Crippen LogP) is 6.56. The van der Waals surface area contributed by atoms with Crippen molar-refractivity contribution in [3.63, 3.8) is 0 Å². The van der Waals surface area contributed by atoms with Gasteiger partial charge >= 0.3 is 6.18 Å². The zero-order valence-electron chi connectivity index (χ0n) is 16.7. The first-order valence-electron chi connectivity index (χ1n) is 9.75. The van der Waals surface area contributed by atoms with E-state index in [0.717, 1.165) is 36.8 Å². The molecule has 0 fully saturated rings. The quantitative estimate of drug-likeness (QED) is 0.261. The average molecular weight is 427 g/mol. The summed E-state index contributed by atoms with van der Waals surface area (Å²) < 4.78 is 65.4. The van der Waals surface area contributed by atoms with E-state index in [-0.39, 0.29) is 10.8 Å². The van der Waals surface area contributed by atoms with Crippen LogP contribution in [0.3, 0.4) is 0 Å². The zero-order valence-corrected chi connectivity index (χ0v) is 16.7. The molecule has 1 nitrogen and oxygen atoms in total. The van der Waals surface area contributed by atoms with Crippen LogP contribution in [0.5, 0.6) is 0 Å². The Bertz CT molecular complexity index is 1200. The summed E-state index contributed by atoms with van der Waals surface area (Å²) in [5, 5.41) is 0.145. The van der Waals surface area contributed by atoms with Crippen molar-refractivity contribution in [1.82, 2.24) is 4.98 Å². The molecular weight excluding hydrogens is 409 g/mol. The molecule has 0 amide bonds. The zero-order chi connectivity index (χ0) is 22.4. The molecule has 0 N–H and O–H groups in total. The largest absolute Gasteiger partial charge is 0.458 e. The fourth-order valence-corrected chi connectivity index (χ4v) is 3.02. The van der Waals surface area contributed by atoms with Crippen LogP contribution >= 0.6 is 0 Å². The number of alkyl halides is 3. The maximum Gasteiger partial charge on any atom is 0.458 e. The van der Waals surface area contributed by atoms with E-state index in [1.54, 1.807) is 6.20 Å². The molecule has 0 spiro atoms. The SMILES string of the molecule is CCCCCc1ccc(C#Cc2ccc3c(F)c(C#CC(F)(F)F)c(F)cc3c2)nc1. The second kappa shape index (κ2) is 9.62. The molecule has 0 atom stereocenters. The summed E-state index contributed by atoms with van der Waals surface area (Å²) in [5.41, 5.74) is 1.29. The van der Waals surface area contributed by atoms with Gasteiger partial charge in [-0.3, -0.25) is 0 Å². The van der Waals surface area contributed by atoms with Crippen molar-refractivity contribution in [2.24, 2.45) is 0 Å². The van der Waals surface area contributed by atoms with Gasteiger partial charge in [0.15, 0.2) is 0 Å². The molecule has 0 aliphatic heterocycles. The van der Waals surface area contributed by atoms with Crippen LogP contribution in [-0.4, -0.2) is 11.2 Å². The number of aromatic nitrogens is 1. The van der Waals surface area contributed by atoms with E-state index in [2.05, 4.69) is 23.7 Å². The lowest BCUT2D eigenvalue weighted by molar-refractivity contribution is -0.0696. The first-order valence-corrected chi connectivity index (χ1v) is 9.75. The molecule has 6 heteroatoms. The molecule has 31 heavy (non-hydrogen) atoms. The number of aryl methyl sites for hydroxylation is 1. The van der Waals surface area contributed by atoms with Gasteiger partial charge in [-0.15, -0.1) is 0 Å². The molecule has 0 unspecified atom stereocenters.